The monoisotopic (exact) mass is 364 g/mol. The van der Waals surface area contributed by atoms with E-state index in [4.69, 9.17) is 9.26 Å². The molecule has 3 rings (SSSR count). The van der Waals surface area contributed by atoms with Gasteiger partial charge in [-0.25, -0.2) is 0 Å². The predicted molar refractivity (Wildman–Crippen MR) is 111 cm³/mol. The summed E-state index contributed by atoms with van der Waals surface area (Å²) in [6.45, 7) is 3.37. The molecule has 0 amide bonds. The van der Waals surface area contributed by atoms with E-state index >= 15 is 0 Å². The lowest BCUT2D eigenvalue weighted by atomic mass is 9.87. The standard InChI is InChI=1S/C23H25O2P/c1-18-12-13-23(24-17-19-8-4-2-5-9-19)22(16-18)21(14-15-25-26)20-10-6-3-7-11-20/h2-13,16,21H,14-15,17,26H2,1H3. The van der Waals surface area contributed by atoms with Crippen LogP contribution in [0.5, 0.6) is 5.75 Å². The summed E-state index contributed by atoms with van der Waals surface area (Å²) in [4.78, 5) is 0. The molecule has 0 aliphatic carbocycles. The fraction of sp³-hybridized carbons (Fsp3) is 0.217. The van der Waals surface area contributed by atoms with E-state index in [1.165, 1.54) is 22.3 Å². The molecule has 0 aromatic heterocycles. The normalized spacial score (nSPS) is 11.9. The predicted octanol–water partition coefficient (Wildman–Crippen LogP) is 5.90. The third kappa shape index (κ3) is 4.94. The van der Waals surface area contributed by atoms with Crippen LogP contribution in [0.3, 0.4) is 0 Å². The first-order valence-corrected chi connectivity index (χ1v) is 9.39. The Morgan fingerprint density at radius 1 is 0.885 bits per heavy atom. The maximum Gasteiger partial charge on any atom is 0.123 e. The highest BCUT2D eigenvalue weighted by Gasteiger charge is 2.19. The van der Waals surface area contributed by atoms with Gasteiger partial charge in [-0.2, -0.15) is 0 Å². The molecule has 134 valence electrons. The molecule has 0 fully saturated rings. The number of benzene rings is 3. The van der Waals surface area contributed by atoms with E-state index in [9.17, 15) is 0 Å². The number of aryl methyl sites for hydroxylation is 1. The average molecular weight is 364 g/mol. The van der Waals surface area contributed by atoms with Gasteiger partial charge in [0.1, 0.15) is 12.4 Å². The zero-order valence-corrected chi connectivity index (χ0v) is 16.3. The van der Waals surface area contributed by atoms with E-state index < -0.39 is 0 Å². The van der Waals surface area contributed by atoms with Crippen LogP contribution in [-0.4, -0.2) is 6.61 Å². The van der Waals surface area contributed by atoms with E-state index in [-0.39, 0.29) is 5.92 Å². The summed E-state index contributed by atoms with van der Waals surface area (Å²) in [7, 11) is 2.35. The van der Waals surface area contributed by atoms with Crippen molar-refractivity contribution in [3.05, 3.63) is 101 Å². The third-order valence-electron chi connectivity index (χ3n) is 4.50. The Kier molecular flexibility index (Phi) is 6.82. The molecule has 0 N–H and O–H groups in total. The number of ether oxygens (including phenoxy) is 1. The van der Waals surface area contributed by atoms with Crippen LogP contribution in [0.2, 0.25) is 0 Å². The van der Waals surface area contributed by atoms with E-state index in [1.54, 1.807) is 0 Å². The third-order valence-corrected chi connectivity index (χ3v) is 4.74. The lowest BCUT2D eigenvalue weighted by Crippen LogP contribution is -2.07. The van der Waals surface area contributed by atoms with Crippen LogP contribution in [-0.2, 0) is 11.1 Å². The second kappa shape index (κ2) is 9.52. The first-order valence-electron chi connectivity index (χ1n) is 8.92. The Morgan fingerprint density at radius 3 is 2.27 bits per heavy atom. The maximum absolute atomic E-state index is 6.21. The van der Waals surface area contributed by atoms with Gasteiger partial charge >= 0.3 is 0 Å². The molecule has 3 aromatic rings. The van der Waals surface area contributed by atoms with Crippen molar-refractivity contribution < 1.29 is 9.26 Å². The zero-order chi connectivity index (χ0) is 18.2. The lowest BCUT2D eigenvalue weighted by Gasteiger charge is -2.22. The molecule has 0 aliphatic rings. The van der Waals surface area contributed by atoms with Gasteiger partial charge < -0.3 is 9.26 Å². The Morgan fingerprint density at radius 2 is 1.58 bits per heavy atom. The van der Waals surface area contributed by atoms with Gasteiger partial charge in [0.15, 0.2) is 0 Å². The van der Waals surface area contributed by atoms with Gasteiger partial charge in [-0.05, 0) is 30.5 Å². The summed E-state index contributed by atoms with van der Waals surface area (Å²) in [5.41, 5.74) is 4.90. The summed E-state index contributed by atoms with van der Waals surface area (Å²) in [5, 5.41) is 0. The summed E-state index contributed by atoms with van der Waals surface area (Å²) in [6, 6.07) is 27.3. The molecule has 0 saturated heterocycles. The van der Waals surface area contributed by atoms with Crippen molar-refractivity contribution in [1.82, 2.24) is 0 Å². The maximum atomic E-state index is 6.21. The highest BCUT2D eigenvalue weighted by Crippen LogP contribution is 2.35. The molecular weight excluding hydrogens is 339 g/mol. The summed E-state index contributed by atoms with van der Waals surface area (Å²) >= 11 is 0. The molecule has 0 spiro atoms. The zero-order valence-electron chi connectivity index (χ0n) is 15.1. The van der Waals surface area contributed by atoms with Crippen LogP contribution in [0.15, 0.2) is 78.9 Å². The summed E-state index contributed by atoms with van der Waals surface area (Å²) in [6.07, 6.45) is 0.901. The molecular formula is C23H25O2P. The van der Waals surface area contributed by atoms with Gasteiger partial charge in [0.25, 0.3) is 0 Å². The summed E-state index contributed by atoms with van der Waals surface area (Å²) < 4.78 is 11.5. The molecule has 0 aliphatic heterocycles. The minimum absolute atomic E-state index is 0.238. The van der Waals surface area contributed by atoms with E-state index in [0.717, 1.165) is 12.2 Å². The van der Waals surface area contributed by atoms with E-state index in [1.807, 2.05) is 18.2 Å². The second-order valence-corrected chi connectivity index (χ2v) is 6.77. The van der Waals surface area contributed by atoms with Crippen molar-refractivity contribution in [2.45, 2.75) is 25.9 Å². The molecule has 3 heteroatoms. The van der Waals surface area contributed by atoms with Gasteiger partial charge in [0.2, 0.25) is 0 Å². The number of hydrogen-bond acceptors (Lipinski definition) is 2. The van der Waals surface area contributed by atoms with Crippen molar-refractivity contribution in [3.8, 4) is 5.75 Å². The summed E-state index contributed by atoms with van der Waals surface area (Å²) in [5.74, 6) is 1.18. The Balaban J connectivity index is 1.91. The van der Waals surface area contributed by atoms with Crippen LogP contribution >= 0.6 is 9.47 Å². The topological polar surface area (TPSA) is 18.5 Å². The molecule has 2 unspecified atom stereocenters. The molecule has 0 radical (unpaired) electrons. The number of rotatable bonds is 8. The van der Waals surface area contributed by atoms with E-state index in [2.05, 4.69) is 77.1 Å². The second-order valence-electron chi connectivity index (χ2n) is 6.44. The quantitative estimate of drug-likeness (QED) is 0.463. The molecule has 0 bridgehead atoms. The molecule has 0 heterocycles. The molecule has 2 nitrogen and oxygen atoms in total. The Bertz CT molecular complexity index is 803. The van der Waals surface area contributed by atoms with Crippen molar-refractivity contribution in [3.63, 3.8) is 0 Å². The molecule has 3 aromatic carbocycles. The average Bonchev–Trinajstić information content (AvgIpc) is 2.69. The van der Waals surface area contributed by atoms with Gasteiger partial charge in [0.05, 0.1) is 6.61 Å². The fourth-order valence-electron chi connectivity index (χ4n) is 3.18. The van der Waals surface area contributed by atoms with Crippen LogP contribution < -0.4 is 4.74 Å². The van der Waals surface area contributed by atoms with Gasteiger partial charge in [-0.15, -0.1) is 0 Å². The van der Waals surface area contributed by atoms with Crippen molar-refractivity contribution in [1.29, 1.82) is 0 Å². The van der Waals surface area contributed by atoms with Crippen LogP contribution in [0.1, 0.15) is 34.6 Å². The molecule has 0 saturated carbocycles. The largest absolute Gasteiger partial charge is 0.489 e. The molecule has 26 heavy (non-hydrogen) atoms. The van der Waals surface area contributed by atoms with Crippen LogP contribution in [0.4, 0.5) is 0 Å². The van der Waals surface area contributed by atoms with E-state index in [0.29, 0.717) is 13.2 Å². The molecule has 2 atom stereocenters. The Labute approximate surface area is 158 Å². The Hall–Kier alpha value is -2.15. The van der Waals surface area contributed by atoms with Gasteiger partial charge in [-0.3, -0.25) is 0 Å². The minimum atomic E-state index is 0.238. The fourth-order valence-corrected chi connectivity index (χ4v) is 3.32. The van der Waals surface area contributed by atoms with Crippen molar-refractivity contribution in [2.75, 3.05) is 6.61 Å². The van der Waals surface area contributed by atoms with Crippen LogP contribution in [0, 0.1) is 6.92 Å². The van der Waals surface area contributed by atoms with Crippen molar-refractivity contribution in [2.24, 2.45) is 0 Å². The smallest absolute Gasteiger partial charge is 0.123 e. The van der Waals surface area contributed by atoms with Crippen LogP contribution in [0.25, 0.3) is 0 Å². The highest BCUT2D eigenvalue weighted by molar-refractivity contribution is 7.09. The van der Waals surface area contributed by atoms with Crippen molar-refractivity contribution >= 4 is 9.47 Å². The van der Waals surface area contributed by atoms with Gasteiger partial charge in [0, 0.05) is 20.9 Å². The minimum Gasteiger partial charge on any atom is -0.489 e. The number of hydrogen-bond donors (Lipinski definition) is 0. The lowest BCUT2D eigenvalue weighted by molar-refractivity contribution is 0.298. The first-order chi connectivity index (χ1) is 12.8. The van der Waals surface area contributed by atoms with Gasteiger partial charge in [-0.1, -0.05) is 78.4 Å². The SMILES string of the molecule is Cc1ccc(OCc2ccccc2)c(C(CCOP)c2ccccc2)c1. The first kappa shape index (κ1) is 18.6. The highest BCUT2D eigenvalue weighted by atomic mass is 31.0.